The Bertz CT molecular complexity index is 857. The molecule has 0 radical (unpaired) electrons. The number of nitrogens with one attached hydrogen (secondary N) is 1. The molecular weight excluding hydrogens is 338 g/mol. The largest absolute Gasteiger partial charge is 0.484 e. The van der Waals surface area contributed by atoms with Crippen LogP contribution in [0.3, 0.4) is 0 Å². The summed E-state index contributed by atoms with van der Waals surface area (Å²) >= 11 is 0. The third-order valence-corrected chi connectivity index (χ3v) is 4.28. The Morgan fingerprint density at radius 3 is 2.65 bits per heavy atom. The Hall–Kier alpha value is -2.83. The second-order valence-electron chi connectivity index (χ2n) is 6.15. The topological polar surface area (TPSA) is 94.8 Å². The zero-order valence-corrected chi connectivity index (χ0v) is 15.3. The standard InChI is InChI=1S/C19H23NO6/c1-5-11(2)18(19(23)24-4)20-16(21)10-25-13-6-7-14-12(3)8-17(22)26-15(14)9-13/h6-9,11,18H,5,10H2,1-4H3,(H,20,21). The molecule has 0 spiro atoms. The SMILES string of the molecule is CCC(C)C(NC(=O)COc1ccc2c(C)cc(=O)oc2c1)C(=O)OC. The van der Waals surface area contributed by atoms with Crippen LogP contribution in [-0.2, 0) is 14.3 Å². The van der Waals surface area contributed by atoms with Crippen molar-refractivity contribution in [1.29, 1.82) is 0 Å². The summed E-state index contributed by atoms with van der Waals surface area (Å²) in [5, 5.41) is 3.43. The first kappa shape index (κ1) is 19.5. The summed E-state index contributed by atoms with van der Waals surface area (Å²) in [7, 11) is 1.28. The van der Waals surface area contributed by atoms with Crippen LogP contribution in [0, 0.1) is 12.8 Å². The molecule has 1 aromatic carbocycles. The van der Waals surface area contributed by atoms with Gasteiger partial charge in [0.1, 0.15) is 17.4 Å². The minimum Gasteiger partial charge on any atom is -0.484 e. The predicted octanol–water partition coefficient (Wildman–Crippen LogP) is 2.18. The van der Waals surface area contributed by atoms with Crippen molar-refractivity contribution in [1.82, 2.24) is 5.32 Å². The van der Waals surface area contributed by atoms with Crippen LogP contribution in [0.15, 0.2) is 33.5 Å². The molecule has 7 heteroatoms. The van der Waals surface area contributed by atoms with Crippen molar-refractivity contribution in [2.24, 2.45) is 5.92 Å². The average molecular weight is 361 g/mol. The predicted molar refractivity (Wildman–Crippen MR) is 96.1 cm³/mol. The molecule has 26 heavy (non-hydrogen) atoms. The van der Waals surface area contributed by atoms with Crippen LogP contribution in [0.1, 0.15) is 25.8 Å². The first-order valence-corrected chi connectivity index (χ1v) is 8.40. The second-order valence-corrected chi connectivity index (χ2v) is 6.15. The quantitative estimate of drug-likeness (QED) is 0.600. The van der Waals surface area contributed by atoms with E-state index in [4.69, 9.17) is 13.9 Å². The van der Waals surface area contributed by atoms with Crippen LogP contribution < -0.4 is 15.7 Å². The Morgan fingerprint density at radius 1 is 1.27 bits per heavy atom. The van der Waals surface area contributed by atoms with Crippen LogP contribution >= 0.6 is 0 Å². The average Bonchev–Trinajstić information content (AvgIpc) is 2.62. The van der Waals surface area contributed by atoms with E-state index in [1.165, 1.54) is 13.2 Å². The van der Waals surface area contributed by atoms with E-state index in [0.29, 0.717) is 17.8 Å². The Kier molecular flexibility index (Phi) is 6.38. The van der Waals surface area contributed by atoms with Crippen molar-refractivity contribution in [2.45, 2.75) is 33.2 Å². The van der Waals surface area contributed by atoms with Crippen LogP contribution in [0.4, 0.5) is 0 Å². The van der Waals surface area contributed by atoms with Gasteiger partial charge in [0.2, 0.25) is 0 Å². The molecule has 140 valence electrons. The van der Waals surface area contributed by atoms with Crippen molar-refractivity contribution in [3.05, 3.63) is 40.2 Å². The van der Waals surface area contributed by atoms with Gasteiger partial charge < -0.3 is 19.2 Å². The fourth-order valence-electron chi connectivity index (χ4n) is 2.56. The molecule has 2 unspecified atom stereocenters. The molecule has 0 fully saturated rings. The molecule has 1 N–H and O–H groups in total. The van der Waals surface area contributed by atoms with Gasteiger partial charge in [-0.25, -0.2) is 9.59 Å². The minimum absolute atomic E-state index is 0.0654. The van der Waals surface area contributed by atoms with E-state index >= 15 is 0 Å². The zero-order valence-electron chi connectivity index (χ0n) is 15.3. The number of esters is 1. The van der Waals surface area contributed by atoms with Gasteiger partial charge in [0.05, 0.1) is 7.11 Å². The van der Waals surface area contributed by atoms with Gasteiger partial charge in [-0.15, -0.1) is 0 Å². The maximum atomic E-state index is 12.1. The first-order valence-electron chi connectivity index (χ1n) is 8.40. The van der Waals surface area contributed by atoms with Gasteiger partial charge in [0, 0.05) is 17.5 Å². The van der Waals surface area contributed by atoms with Gasteiger partial charge in [-0.3, -0.25) is 4.79 Å². The van der Waals surface area contributed by atoms with E-state index in [1.54, 1.807) is 18.2 Å². The Balaban J connectivity index is 2.05. The minimum atomic E-state index is -0.724. The number of amides is 1. The zero-order chi connectivity index (χ0) is 19.3. The summed E-state index contributed by atoms with van der Waals surface area (Å²) in [6, 6.07) is 5.70. The number of carbonyl (C=O) groups is 2. The number of rotatable bonds is 7. The van der Waals surface area contributed by atoms with E-state index in [1.807, 2.05) is 20.8 Å². The summed E-state index contributed by atoms with van der Waals surface area (Å²) in [6.45, 7) is 5.32. The normalized spacial score (nSPS) is 13.1. The fraction of sp³-hybridized carbons (Fsp3) is 0.421. The number of methoxy groups -OCH3 is 1. The van der Waals surface area contributed by atoms with E-state index in [-0.39, 0.29) is 12.5 Å². The third-order valence-electron chi connectivity index (χ3n) is 4.28. The van der Waals surface area contributed by atoms with E-state index < -0.39 is 23.5 Å². The molecule has 0 bridgehead atoms. The van der Waals surface area contributed by atoms with Gasteiger partial charge in [-0.1, -0.05) is 20.3 Å². The number of hydrogen-bond acceptors (Lipinski definition) is 6. The molecule has 0 aliphatic carbocycles. The number of ether oxygens (including phenoxy) is 2. The highest BCUT2D eigenvalue weighted by molar-refractivity contribution is 5.85. The number of hydrogen-bond donors (Lipinski definition) is 1. The molecule has 0 saturated heterocycles. The molecule has 0 aliphatic heterocycles. The summed E-state index contributed by atoms with van der Waals surface area (Å²) in [5.74, 6) is -0.606. The summed E-state index contributed by atoms with van der Waals surface area (Å²) < 4.78 is 15.3. The Morgan fingerprint density at radius 2 is 2.00 bits per heavy atom. The lowest BCUT2D eigenvalue weighted by Gasteiger charge is -2.21. The lowest BCUT2D eigenvalue weighted by atomic mass is 9.99. The number of carbonyl (C=O) groups excluding carboxylic acids is 2. The van der Waals surface area contributed by atoms with Crippen molar-refractivity contribution in [3.63, 3.8) is 0 Å². The van der Waals surface area contributed by atoms with Crippen LogP contribution in [0.2, 0.25) is 0 Å². The monoisotopic (exact) mass is 361 g/mol. The summed E-state index contributed by atoms with van der Waals surface area (Å²) in [5.41, 5.74) is 0.745. The molecule has 7 nitrogen and oxygen atoms in total. The highest BCUT2D eigenvalue weighted by Gasteiger charge is 2.26. The molecular formula is C19H23NO6. The van der Waals surface area contributed by atoms with Crippen LogP contribution in [0.25, 0.3) is 11.0 Å². The maximum absolute atomic E-state index is 12.1. The molecule has 2 atom stereocenters. The molecule has 0 aliphatic rings. The molecule has 2 aromatic rings. The van der Waals surface area contributed by atoms with Crippen molar-refractivity contribution in [2.75, 3.05) is 13.7 Å². The molecule has 1 amide bonds. The van der Waals surface area contributed by atoms with Crippen molar-refractivity contribution < 1.29 is 23.5 Å². The van der Waals surface area contributed by atoms with Crippen LogP contribution in [-0.4, -0.2) is 31.6 Å². The highest BCUT2D eigenvalue weighted by Crippen LogP contribution is 2.22. The van der Waals surface area contributed by atoms with Gasteiger partial charge >= 0.3 is 11.6 Å². The van der Waals surface area contributed by atoms with E-state index in [2.05, 4.69) is 5.32 Å². The van der Waals surface area contributed by atoms with Crippen molar-refractivity contribution >= 4 is 22.8 Å². The van der Waals surface area contributed by atoms with E-state index in [9.17, 15) is 14.4 Å². The first-order chi connectivity index (χ1) is 12.3. The Labute approximate surface area is 151 Å². The second kappa shape index (κ2) is 8.51. The number of benzene rings is 1. The number of aryl methyl sites for hydroxylation is 1. The fourth-order valence-corrected chi connectivity index (χ4v) is 2.56. The van der Waals surface area contributed by atoms with Gasteiger partial charge in [-0.2, -0.15) is 0 Å². The smallest absolute Gasteiger partial charge is 0.336 e. The van der Waals surface area contributed by atoms with E-state index in [0.717, 1.165) is 10.9 Å². The molecule has 1 heterocycles. The van der Waals surface area contributed by atoms with Gasteiger partial charge in [0.15, 0.2) is 6.61 Å². The molecule has 2 rings (SSSR count). The maximum Gasteiger partial charge on any atom is 0.336 e. The lowest BCUT2D eigenvalue weighted by Crippen LogP contribution is -2.47. The third kappa shape index (κ3) is 4.62. The van der Waals surface area contributed by atoms with Gasteiger partial charge in [0.25, 0.3) is 5.91 Å². The lowest BCUT2D eigenvalue weighted by molar-refractivity contribution is -0.146. The summed E-state index contributed by atoms with van der Waals surface area (Å²) in [6.07, 6.45) is 0.712. The van der Waals surface area contributed by atoms with Crippen molar-refractivity contribution in [3.8, 4) is 5.75 Å². The molecule has 1 aromatic heterocycles. The van der Waals surface area contributed by atoms with Gasteiger partial charge in [-0.05, 0) is 30.5 Å². The van der Waals surface area contributed by atoms with Crippen LogP contribution in [0.5, 0.6) is 5.75 Å². The highest BCUT2D eigenvalue weighted by atomic mass is 16.5. The molecule has 0 saturated carbocycles. The number of fused-ring (bicyclic) bond motifs is 1. The summed E-state index contributed by atoms with van der Waals surface area (Å²) in [4.78, 5) is 35.4.